The third-order valence-electron chi connectivity index (χ3n) is 5.39. The van der Waals surface area contributed by atoms with Gasteiger partial charge in [-0.3, -0.25) is 19.3 Å². The summed E-state index contributed by atoms with van der Waals surface area (Å²) in [6.07, 6.45) is 3.33. The quantitative estimate of drug-likeness (QED) is 0.545. The van der Waals surface area contributed by atoms with Gasteiger partial charge in [-0.1, -0.05) is 24.3 Å². The predicted molar refractivity (Wildman–Crippen MR) is 120 cm³/mol. The number of ketones is 2. The lowest BCUT2D eigenvalue weighted by Gasteiger charge is -2.14. The smallest absolute Gasteiger partial charge is 0.220 e. The number of aryl methyl sites for hydroxylation is 1. The summed E-state index contributed by atoms with van der Waals surface area (Å²) in [5.41, 5.74) is 2.35. The molecule has 1 aromatic carbocycles. The maximum atomic E-state index is 12.1. The van der Waals surface area contributed by atoms with E-state index in [2.05, 4.69) is 34.5 Å². The van der Waals surface area contributed by atoms with E-state index in [9.17, 15) is 14.4 Å². The van der Waals surface area contributed by atoms with Crippen molar-refractivity contribution < 1.29 is 14.4 Å². The standard InChI is InChI=1S/C24H30N2O3S/c1-18-4-12-23(30-18)22(28)11-9-21(27)10-13-24(29)25-16-19-5-7-20(8-6-19)17-26-14-2-3-15-26/h4-8,12H,2-3,9-11,13-17H2,1H3,(H,25,29). The van der Waals surface area contributed by atoms with E-state index in [1.54, 1.807) is 6.07 Å². The number of hydrogen-bond acceptors (Lipinski definition) is 5. The average molecular weight is 427 g/mol. The summed E-state index contributed by atoms with van der Waals surface area (Å²) in [7, 11) is 0. The molecule has 160 valence electrons. The van der Waals surface area contributed by atoms with E-state index in [4.69, 9.17) is 0 Å². The lowest BCUT2D eigenvalue weighted by Crippen LogP contribution is -2.23. The normalized spacial score (nSPS) is 14.0. The van der Waals surface area contributed by atoms with Gasteiger partial charge in [0, 0.05) is 43.6 Å². The van der Waals surface area contributed by atoms with Crippen LogP contribution in [0.3, 0.4) is 0 Å². The first kappa shape index (κ1) is 22.4. The van der Waals surface area contributed by atoms with Gasteiger partial charge in [0.25, 0.3) is 0 Å². The van der Waals surface area contributed by atoms with Crippen molar-refractivity contribution in [2.24, 2.45) is 0 Å². The van der Waals surface area contributed by atoms with Gasteiger partial charge >= 0.3 is 0 Å². The Bertz CT molecular complexity index is 867. The number of carbonyl (C=O) groups is 3. The maximum absolute atomic E-state index is 12.1. The van der Waals surface area contributed by atoms with Gasteiger partial charge in [0.2, 0.25) is 5.91 Å². The summed E-state index contributed by atoms with van der Waals surface area (Å²) in [5, 5.41) is 2.87. The van der Waals surface area contributed by atoms with Crippen LogP contribution in [0.5, 0.6) is 0 Å². The van der Waals surface area contributed by atoms with Crippen LogP contribution in [0.25, 0.3) is 0 Å². The molecule has 1 N–H and O–H groups in total. The van der Waals surface area contributed by atoms with Gasteiger partial charge in [-0.15, -0.1) is 11.3 Å². The molecule has 1 aliphatic heterocycles. The minimum Gasteiger partial charge on any atom is -0.352 e. The van der Waals surface area contributed by atoms with Gasteiger partial charge in [0.1, 0.15) is 5.78 Å². The van der Waals surface area contributed by atoms with Crippen molar-refractivity contribution in [1.82, 2.24) is 10.2 Å². The predicted octanol–water partition coefficient (Wildman–Crippen LogP) is 4.28. The van der Waals surface area contributed by atoms with Crippen LogP contribution in [-0.4, -0.2) is 35.5 Å². The lowest BCUT2D eigenvalue weighted by atomic mass is 10.1. The van der Waals surface area contributed by atoms with Crippen LogP contribution < -0.4 is 5.32 Å². The summed E-state index contributed by atoms with van der Waals surface area (Å²) in [5.74, 6) is -0.179. The zero-order valence-electron chi connectivity index (χ0n) is 17.6. The van der Waals surface area contributed by atoms with Gasteiger partial charge in [0.05, 0.1) is 4.88 Å². The van der Waals surface area contributed by atoms with Crippen LogP contribution in [0.15, 0.2) is 36.4 Å². The van der Waals surface area contributed by atoms with Crippen LogP contribution in [0.2, 0.25) is 0 Å². The molecule has 0 aliphatic carbocycles. The summed E-state index contributed by atoms with van der Waals surface area (Å²) < 4.78 is 0. The van der Waals surface area contributed by atoms with Gasteiger partial charge in [-0.05, 0) is 56.1 Å². The van der Waals surface area contributed by atoms with E-state index < -0.39 is 0 Å². The molecule has 2 aromatic rings. The van der Waals surface area contributed by atoms with Crippen molar-refractivity contribution in [2.75, 3.05) is 13.1 Å². The number of benzene rings is 1. The van der Waals surface area contributed by atoms with Crippen molar-refractivity contribution in [3.8, 4) is 0 Å². The molecule has 0 bridgehead atoms. The number of hydrogen-bond donors (Lipinski definition) is 1. The molecule has 1 aliphatic rings. The lowest BCUT2D eigenvalue weighted by molar-refractivity contribution is -0.125. The molecule has 0 saturated carbocycles. The van der Waals surface area contributed by atoms with Crippen molar-refractivity contribution in [2.45, 2.75) is 58.5 Å². The SMILES string of the molecule is Cc1ccc(C(=O)CCC(=O)CCC(=O)NCc2ccc(CN3CCCC3)cc2)s1. The van der Waals surface area contributed by atoms with Crippen LogP contribution in [0, 0.1) is 6.92 Å². The van der Waals surface area contributed by atoms with Gasteiger partial charge in [-0.2, -0.15) is 0 Å². The highest BCUT2D eigenvalue weighted by Crippen LogP contribution is 2.18. The number of Topliss-reactive ketones (excluding diaryl/α,β-unsaturated/α-hetero) is 2. The maximum Gasteiger partial charge on any atom is 0.220 e. The highest BCUT2D eigenvalue weighted by molar-refractivity contribution is 7.14. The first-order chi connectivity index (χ1) is 14.5. The highest BCUT2D eigenvalue weighted by Gasteiger charge is 2.13. The molecule has 2 heterocycles. The Morgan fingerprint density at radius 2 is 1.57 bits per heavy atom. The van der Waals surface area contributed by atoms with Gasteiger partial charge in [0.15, 0.2) is 5.78 Å². The van der Waals surface area contributed by atoms with Gasteiger partial charge in [-0.25, -0.2) is 0 Å². The molecular weight excluding hydrogens is 396 g/mol. The van der Waals surface area contributed by atoms with Crippen LogP contribution in [0.4, 0.5) is 0 Å². The van der Waals surface area contributed by atoms with Crippen LogP contribution in [0.1, 0.15) is 64.2 Å². The Morgan fingerprint density at radius 3 is 2.23 bits per heavy atom. The molecule has 30 heavy (non-hydrogen) atoms. The summed E-state index contributed by atoms with van der Waals surface area (Å²) in [4.78, 5) is 40.4. The van der Waals surface area contributed by atoms with Crippen LogP contribution >= 0.6 is 11.3 Å². The summed E-state index contributed by atoms with van der Waals surface area (Å²) in [6, 6.07) is 12.1. The average Bonchev–Trinajstić information content (AvgIpc) is 3.41. The fourth-order valence-corrected chi connectivity index (χ4v) is 4.42. The van der Waals surface area contributed by atoms with Gasteiger partial charge < -0.3 is 5.32 Å². The molecule has 0 atom stereocenters. The molecule has 1 saturated heterocycles. The van der Waals surface area contributed by atoms with Crippen molar-refractivity contribution >= 4 is 28.8 Å². The number of nitrogens with zero attached hydrogens (tertiary/aromatic N) is 1. The van der Waals surface area contributed by atoms with Crippen molar-refractivity contribution in [3.63, 3.8) is 0 Å². The van der Waals surface area contributed by atoms with Crippen molar-refractivity contribution in [1.29, 1.82) is 0 Å². The first-order valence-electron chi connectivity index (χ1n) is 10.7. The molecule has 0 unspecified atom stereocenters. The number of nitrogens with one attached hydrogen (secondary N) is 1. The minimum absolute atomic E-state index is 0.000852. The topological polar surface area (TPSA) is 66.5 Å². The molecule has 1 fully saturated rings. The molecule has 6 heteroatoms. The zero-order valence-corrected chi connectivity index (χ0v) is 18.4. The molecule has 5 nitrogen and oxygen atoms in total. The second kappa shape index (κ2) is 11.2. The Kier molecular flexibility index (Phi) is 8.34. The number of thiophene rings is 1. The van der Waals surface area contributed by atoms with E-state index in [1.165, 1.54) is 42.8 Å². The minimum atomic E-state index is -0.135. The van der Waals surface area contributed by atoms with E-state index in [1.807, 2.05) is 13.0 Å². The van der Waals surface area contributed by atoms with Crippen LogP contribution in [-0.2, 0) is 22.7 Å². The Labute approximate surface area is 182 Å². The van der Waals surface area contributed by atoms with E-state index in [0.717, 1.165) is 17.0 Å². The molecule has 3 rings (SSSR count). The third-order valence-corrected chi connectivity index (χ3v) is 6.44. The number of rotatable bonds is 11. The van der Waals surface area contributed by atoms with E-state index >= 15 is 0 Å². The fraction of sp³-hybridized carbons (Fsp3) is 0.458. The highest BCUT2D eigenvalue weighted by atomic mass is 32.1. The third kappa shape index (κ3) is 7.18. The Hall–Kier alpha value is -2.31. The zero-order chi connectivity index (χ0) is 21.3. The monoisotopic (exact) mass is 426 g/mol. The number of carbonyl (C=O) groups excluding carboxylic acids is 3. The second-order valence-corrected chi connectivity index (χ2v) is 9.24. The molecular formula is C24H30N2O3S. The number of likely N-dealkylation sites (tertiary alicyclic amines) is 1. The molecule has 0 spiro atoms. The first-order valence-corrected chi connectivity index (χ1v) is 11.5. The molecule has 1 amide bonds. The fourth-order valence-electron chi connectivity index (χ4n) is 3.59. The Morgan fingerprint density at radius 1 is 0.900 bits per heavy atom. The summed E-state index contributed by atoms with van der Waals surface area (Å²) >= 11 is 1.45. The second-order valence-electron chi connectivity index (χ2n) is 7.95. The number of amides is 1. The van der Waals surface area contributed by atoms with E-state index in [0.29, 0.717) is 11.4 Å². The molecule has 1 aromatic heterocycles. The largest absolute Gasteiger partial charge is 0.352 e. The molecule has 0 radical (unpaired) electrons. The van der Waals surface area contributed by atoms with Crippen molar-refractivity contribution in [3.05, 3.63) is 57.3 Å². The summed E-state index contributed by atoms with van der Waals surface area (Å²) in [6.45, 7) is 5.77. The van der Waals surface area contributed by atoms with E-state index in [-0.39, 0.29) is 43.2 Å². The Balaban J connectivity index is 1.31.